The molecule has 0 N–H and O–H groups in total. The number of rotatable bonds is 6. The first-order chi connectivity index (χ1) is 11.1. The van der Waals surface area contributed by atoms with E-state index < -0.39 is 16.6 Å². The fraction of sp³-hybridized carbons (Fsp3) is 0.316. The summed E-state index contributed by atoms with van der Waals surface area (Å²) in [6.07, 6.45) is 0. The third-order valence-electron chi connectivity index (χ3n) is 3.08. The van der Waals surface area contributed by atoms with Crippen molar-refractivity contribution in [2.75, 3.05) is 0 Å². The summed E-state index contributed by atoms with van der Waals surface area (Å²) in [5.74, 6) is 1.23. The Labute approximate surface area is 146 Å². The zero-order chi connectivity index (χ0) is 18.0. The van der Waals surface area contributed by atoms with E-state index in [-0.39, 0.29) is 5.78 Å². The highest BCUT2D eigenvalue weighted by Crippen LogP contribution is 2.36. The average molecular weight is 359 g/mol. The van der Waals surface area contributed by atoms with Crippen molar-refractivity contribution in [2.24, 2.45) is 0 Å². The fourth-order valence-corrected chi connectivity index (χ4v) is 3.90. The lowest BCUT2D eigenvalue weighted by Gasteiger charge is -2.27. The molecular weight excluding hydrogens is 332 g/mol. The molecule has 0 aliphatic rings. The number of carbonyl (C=O) groups excluding carboxylic acids is 1. The molecule has 0 heterocycles. The van der Waals surface area contributed by atoms with Gasteiger partial charge in [-0.25, -0.2) is 0 Å². The van der Waals surface area contributed by atoms with Gasteiger partial charge in [0.1, 0.15) is 5.75 Å². The lowest BCUT2D eigenvalue weighted by Crippen LogP contribution is -2.33. The topological polar surface area (TPSA) is 35.5 Å². The molecular formula is C19H26O3Si2. The molecule has 0 bridgehead atoms. The highest BCUT2D eigenvalue weighted by molar-refractivity contribution is 6.71. The van der Waals surface area contributed by atoms with Gasteiger partial charge in [-0.1, -0.05) is 36.4 Å². The van der Waals surface area contributed by atoms with Crippen molar-refractivity contribution in [1.29, 1.82) is 0 Å². The van der Waals surface area contributed by atoms with Gasteiger partial charge in [0.05, 0.1) is 5.56 Å². The molecule has 0 saturated heterocycles. The molecule has 0 aromatic heterocycles. The molecule has 0 fully saturated rings. The molecule has 128 valence electrons. The van der Waals surface area contributed by atoms with Crippen LogP contribution in [0.15, 0.2) is 48.5 Å². The molecule has 2 aromatic rings. The Morgan fingerprint density at radius 1 is 0.750 bits per heavy atom. The van der Waals surface area contributed by atoms with Gasteiger partial charge in [0.15, 0.2) is 11.5 Å². The average Bonchev–Trinajstić information content (AvgIpc) is 2.46. The summed E-state index contributed by atoms with van der Waals surface area (Å²) in [5.41, 5.74) is 1.22. The standard InChI is InChI=1S/C19H26O3Si2/c1-23(2,3)21-17-14-10-13-16(19(17)22-24(4,5)6)18(20)15-11-8-7-9-12-15/h7-14H,1-6H3. The zero-order valence-corrected chi connectivity index (χ0v) is 17.3. The van der Waals surface area contributed by atoms with Crippen LogP contribution in [0, 0.1) is 0 Å². The molecule has 5 heteroatoms. The second kappa shape index (κ2) is 6.95. The smallest absolute Gasteiger partial charge is 0.242 e. The maximum absolute atomic E-state index is 13.0. The van der Waals surface area contributed by atoms with Gasteiger partial charge in [0, 0.05) is 5.56 Å². The van der Waals surface area contributed by atoms with E-state index in [9.17, 15) is 4.79 Å². The Balaban J connectivity index is 2.54. The molecule has 2 aromatic carbocycles. The zero-order valence-electron chi connectivity index (χ0n) is 15.3. The van der Waals surface area contributed by atoms with E-state index in [1.807, 2.05) is 48.5 Å². The van der Waals surface area contributed by atoms with Crippen LogP contribution in [0.5, 0.6) is 11.5 Å². The first-order valence-electron chi connectivity index (χ1n) is 8.18. The quantitative estimate of drug-likeness (QED) is 0.516. The maximum Gasteiger partial charge on any atom is 0.242 e. The summed E-state index contributed by atoms with van der Waals surface area (Å²) in [5, 5.41) is 0. The second-order valence-corrected chi connectivity index (χ2v) is 16.6. The van der Waals surface area contributed by atoms with E-state index in [1.54, 1.807) is 0 Å². The number of hydrogen-bond acceptors (Lipinski definition) is 3. The van der Waals surface area contributed by atoms with Crippen molar-refractivity contribution in [3.05, 3.63) is 59.7 Å². The minimum absolute atomic E-state index is 0.0372. The van der Waals surface area contributed by atoms with E-state index >= 15 is 0 Å². The molecule has 0 radical (unpaired) electrons. The Kier molecular flexibility index (Phi) is 5.35. The summed E-state index contributed by atoms with van der Waals surface area (Å²) in [6.45, 7) is 12.7. The minimum Gasteiger partial charge on any atom is -0.542 e. The lowest BCUT2D eigenvalue weighted by molar-refractivity contribution is 0.103. The lowest BCUT2D eigenvalue weighted by atomic mass is 10.0. The van der Waals surface area contributed by atoms with E-state index in [4.69, 9.17) is 8.85 Å². The summed E-state index contributed by atoms with van der Waals surface area (Å²) >= 11 is 0. The van der Waals surface area contributed by atoms with Crippen LogP contribution in [0.3, 0.4) is 0 Å². The SMILES string of the molecule is C[Si](C)(C)Oc1cccc(C(=O)c2ccccc2)c1O[Si](C)(C)C. The fourth-order valence-electron chi connectivity index (χ4n) is 2.26. The molecule has 0 spiro atoms. The van der Waals surface area contributed by atoms with Crippen molar-refractivity contribution in [2.45, 2.75) is 39.3 Å². The number of hydrogen-bond donors (Lipinski definition) is 0. The Morgan fingerprint density at radius 3 is 1.88 bits per heavy atom. The van der Waals surface area contributed by atoms with Crippen LogP contribution in [0.1, 0.15) is 15.9 Å². The molecule has 3 nitrogen and oxygen atoms in total. The van der Waals surface area contributed by atoms with Crippen LogP contribution < -0.4 is 8.85 Å². The van der Waals surface area contributed by atoms with Crippen molar-refractivity contribution in [3.63, 3.8) is 0 Å². The summed E-state index contributed by atoms with van der Waals surface area (Å²) < 4.78 is 12.5. The Hall–Kier alpha value is -1.86. The van der Waals surface area contributed by atoms with Crippen LogP contribution >= 0.6 is 0 Å². The molecule has 0 atom stereocenters. The van der Waals surface area contributed by atoms with E-state index in [2.05, 4.69) is 39.3 Å². The number of ketones is 1. The molecule has 0 saturated carbocycles. The molecule has 0 unspecified atom stereocenters. The molecule has 2 rings (SSSR count). The predicted molar refractivity (Wildman–Crippen MR) is 104 cm³/mol. The maximum atomic E-state index is 13.0. The summed E-state index contributed by atoms with van der Waals surface area (Å²) in [6, 6.07) is 14.9. The number of benzene rings is 2. The highest BCUT2D eigenvalue weighted by atomic mass is 28.4. The number of para-hydroxylation sites is 1. The van der Waals surface area contributed by atoms with E-state index in [1.165, 1.54) is 0 Å². The second-order valence-electron chi connectivity index (χ2n) is 7.76. The first-order valence-corrected chi connectivity index (χ1v) is 15.0. The molecule has 24 heavy (non-hydrogen) atoms. The monoisotopic (exact) mass is 358 g/mol. The van der Waals surface area contributed by atoms with Crippen LogP contribution in [0.4, 0.5) is 0 Å². The third kappa shape index (κ3) is 5.07. The van der Waals surface area contributed by atoms with Gasteiger partial charge in [-0.3, -0.25) is 4.79 Å². The van der Waals surface area contributed by atoms with Gasteiger partial charge >= 0.3 is 0 Å². The van der Waals surface area contributed by atoms with E-state index in [0.29, 0.717) is 22.6 Å². The van der Waals surface area contributed by atoms with Gasteiger partial charge in [-0.2, -0.15) is 0 Å². The molecule has 0 aliphatic heterocycles. The molecule has 0 amide bonds. The van der Waals surface area contributed by atoms with Gasteiger partial charge in [-0.05, 0) is 51.4 Å². The van der Waals surface area contributed by atoms with Gasteiger partial charge in [0.25, 0.3) is 0 Å². The minimum atomic E-state index is -1.90. The van der Waals surface area contributed by atoms with Crippen molar-refractivity contribution in [3.8, 4) is 11.5 Å². The van der Waals surface area contributed by atoms with Crippen LogP contribution in [0.2, 0.25) is 39.3 Å². The van der Waals surface area contributed by atoms with E-state index in [0.717, 1.165) is 0 Å². The Morgan fingerprint density at radius 2 is 1.33 bits per heavy atom. The van der Waals surface area contributed by atoms with Gasteiger partial charge in [0.2, 0.25) is 16.6 Å². The predicted octanol–water partition coefficient (Wildman–Crippen LogP) is 5.35. The normalized spacial score (nSPS) is 11.9. The van der Waals surface area contributed by atoms with Crippen molar-refractivity contribution in [1.82, 2.24) is 0 Å². The van der Waals surface area contributed by atoms with Crippen LogP contribution in [0.25, 0.3) is 0 Å². The molecule has 0 aliphatic carbocycles. The van der Waals surface area contributed by atoms with Crippen LogP contribution in [-0.2, 0) is 0 Å². The third-order valence-corrected chi connectivity index (χ3v) is 4.73. The highest BCUT2D eigenvalue weighted by Gasteiger charge is 2.27. The Bertz CT molecular complexity index is 714. The van der Waals surface area contributed by atoms with Gasteiger partial charge in [-0.15, -0.1) is 0 Å². The largest absolute Gasteiger partial charge is 0.542 e. The summed E-state index contributed by atoms with van der Waals surface area (Å²) in [7, 11) is -3.72. The van der Waals surface area contributed by atoms with Crippen molar-refractivity contribution < 1.29 is 13.6 Å². The van der Waals surface area contributed by atoms with Crippen molar-refractivity contribution >= 4 is 22.4 Å². The van der Waals surface area contributed by atoms with Crippen LogP contribution in [-0.4, -0.2) is 22.4 Å². The number of carbonyl (C=O) groups is 1. The van der Waals surface area contributed by atoms with Gasteiger partial charge < -0.3 is 8.85 Å². The first kappa shape index (κ1) is 18.5. The summed E-state index contributed by atoms with van der Waals surface area (Å²) in [4.78, 5) is 13.0.